The fourth-order valence-electron chi connectivity index (χ4n) is 1.60. The van der Waals surface area contributed by atoms with Gasteiger partial charge in [-0.3, -0.25) is 0 Å². The topological polar surface area (TPSA) is 0 Å². The van der Waals surface area contributed by atoms with E-state index in [1.165, 1.54) is 0 Å². The van der Waals surface area contributed by atoms with Crippen molar-refractivity contribution in [2.75, 3.05) is 0 Å². The molecule has 0 aliphatic rings. The molecule has 2 aromatic carbocycles. The molecule has 15 heavy (non-hydrogen) atoms. The Bertz CT molecular complexity index is 412. The van der Waals surface area contributed by atoms with Crippen LogP contribution in [0.2, 0.25) is 0 Å². The predicted octanol–water partition coefficient (Wildman–Crippen LogP) is 3.40. The van der Waals surface area contributed by atoms with Crippen LogP contribution < -0.4 is 0 Å². The van der Waals surface area contributed by atoms with Gasteiger partial charge in [-0.15, -0.1) is 0 Å². The minimum Gasteiger partial charge on any atom is -0.0620 e. The summed E-state index contributed by atoms with van der Waals surface area (Å²) in [5.41, 5.74) is 3.88. The number of benzene rings is 2. The van der Waals surface area contributed by atoms with E-state index in [0.29, 0.717) is 0 Å². The fraction of sp³-hybridized carbons (Fsp3) is 0.0667. The van der Waals surface area contributed by atoms with E-state index in [9.17, 15) is 0 Å². The highest BCUT2D eigenvalue weighted by molar-refractivity contribution is 5.38. The van der Waals surface area contributed by atoms with E-state index in [2.05, 4.69) is 0 Å². The van der Waals surface area contributed by atoms with Crippen LogP contribution in [0.15, 0.2) is 48.5 Å². The van der Waals surface area contributed by atoms with Gasteiger partial charge in [0.2, 0.25) is 0 Å². The first-order chi connectivity index (χ1) is 7.27. The molecule has 0 N–H and O–H groups in total. The van der Waals surface area contributed by atoms with Crippen molar-refractivity contribution in [3.63, 3.8) is 0 Å². The first-order valence-electron chi connectivity index (χ1n) is 4.94. The van der Waals surface area contributed by atoms with E-state index in [1.54, 1.807) is 0 Å². The van der Waals surface area contributed by atoms with E-state index < -0.39 is 0 Å². The van der Waals surface area contributed by atoms with Crippen molar-refractivity contribution >= 4 is 0 Å². The molecule has 0 aliphatic carbocycles. The van der Waals surface area contributed by atoms with Crippen molar-refractivity contribution in [1.82, 2.24) is 0 Å². The molecule has 0 nitrogen and oxygen atoms in total. The quantitative estimate of drug-likeness (QED) is 0.684. The van der Waals surface area contributed by atoms with Crippen LogP contribution in [-0.2, 0) is 6.42 Å². The van der Waals surface area contributed by atoms with E-state index in [4.69, 9.17) is 13.8 Å². The maximum Gasteiger partial charge on any atom is -0.000899 e. The molecule has 2 rings (SSSR count). The molecule has 4 radical (unpaired) electrons. The van der Waals surface area contributed by atoms with Crippen LogP contribution in [0, 0.1) is 13.8 Å². The zero-order chi connectivity index (χ0) is 10.7. The molecule has 0 aromatic heterocycles. The molecule has 0 saturated heterocycles. The van der Waals surface area contributed by atoms with Gasteiger partial charge in [0.25, 0.3) is 0 Å². The molecule has 0 unspecified atom stereocenters. The monoisotopic (exact) mass is 192 g/mol. The molecular formula is C15H12. The fourth-order valence-corrected chi connectivity index (χ4v) is 1.60. The third-order valence-corrected chi connectivity index (χ3v) is 2.49. The van der Waals surface area contributed by atoms with Gasteiger partial charge in [-0.1, -0.05) is 48.5 Å². The van der Waals surface area contributed by atoms with Crippen molar-refractivity contribution in [3.05, 3.63) is 84.6 Å². The Labute approximate surface area is 91.6 Å². The molecule has 2 aromatic rings. The SMILES string of the molecule is [CH]c1ccccc1Cc1ccccc1[CH]. The molecule has 0 atom stereocenters. The molecule has 0 saturated carbocycles. The van der Waals surface area contributed by atoms with Crippen molar-refractivity contribution in [1.29, 1.82) is 0 Å². The lowest BCUT2D eigenvalue weighted by molar-refractivity contribution is 1.16. The van der Waals surface area contributed by atoms with Crippen LogP contribution in [0.5, 0.6) is 0 Å². The Kier molecular flexibility index (Phi) is 2.86. The Morgan fingerprint density at radius 3 is 1.47 bits per heavy atom. The van der Waals surface area contributed by atoms with E-state index >= 15 is 0 Å². The highest BCUT2D eigenvalue weighted by atomic mass is 14.1. The van der Waals surface area contributed by atoms with Crippen molar-refractivity contribution in [2.45, 2.75) is 6.42 Å². The lowest BCUT2D eigenvalue weighted by atomic mass is 9.98. The molecule has 0 fully saturated rings. The molecule has 72 valence electrons. The van der Waals surface area contributed by atoms with Gasteiger partial charge in [-0.05, 0) is 42.5 Å². The molecule has 0 amide bonds. The summed E-state index contributed by atoms with van der Waals surface area (Å²) in [6, 6.07) is 15.7. The van der Waals surface area contributed by atoms with Gasteiger partial charge >= 0.3 is 0 Å². The average Bonchev–Trinajstić information content (AvgIpc) is 2.24. The summed E-state index contributed by atoms with van der Waals surface area (Å²) >= 11 is 0. The van der Waals surface area contributed by atoms with Crippen LogP contribution in [0.4, 0.5) is 0 Å². The van der Waals surface area contributed by atoms with Crippen molar-refractivity contribution in [3.8, 4) is 0 Å². The lowest BCUT2D eigenvalue weighted by Crippen LogP contribution is -1.93. The minimum atomic E-state index is 0.791. The van der Waals surface area contributed by atoms with Crippen LogP contribution in [0.3, 0.4) is 0 Å². The van der Waals surface area contributed by atoms with Gasteiger partial charge in [-0.25, -0.2) is 0 Å². The largest absolute Gasteiger partial charge is 0.0620 e. The van der Waals surface area contributed by atoms with E-state index in [-0.39, 0.29) is 0 Å². The maximum absolute atomic E-state index is 5.88. The van der Waals surface area contributed by atoms with E-state index in [0.717, 1.165) is 28.7 Å². The van der Waals surface area contributed by atoms with Gasteiger partial charge in [0, 0.05) is 0 Å². The summed E-state index contributed by atoms with van der Waals surface area (Å²) in [6.07, 6.45) is 0.791. The van der Waals surface area contributed by atoms with Gasteiger partial charge in [0.15, 0.2) is 0 Å². The zero-order valence-electron chi connectivity index (χ0n) is 8.48. The second-order valence-corrected chi connectivity index (χ2v) is 3.57. The van der Waals surface area contributed by atoms with Crippen LogP contribution in [0.25, 0.3) is 0 Å². The third-order valence-electron chi connectivity index (χ3n) is 2.49. The van der Waals surface area contributed by atoms with Crippen LogP contribution in [0.1, 0.15) is 22.3 Å². The summed E-state index contributed by atoms with van der Waals surface area (Å²) < 4.78 is 0. The third kappa shape index (κ3) is 2.27. The molecule has 0 heteroatoms. The molecule has 0 bridgehead atoms. The smallest absolute Gasteiger partial charge is 0.000899 e. The van der Waals surface area contributed by atoms with Crippen molar-refractivity contribution in [2.24, 2.45) is 0 Å². The summed E-state index contributed by atoms with van der Waals surface area (Å²) in [5.74, 6) is 0. The van der Waals surface area contributed by atoms with Gasteiger partial charge in [-0.2, -0.15) is 0 Å². The second kappa shape index (κ2) is 4.31. The van der Waals surface area contributed by atoms with Crippen LogP contribution in [-0.4, -0.2) is 0 Å². The maximum atomic E-state index is 5.88. The predicted molar refractivity (Wildman–Crippen MR) is 62.5 cm³/mol. The summed E-state index contributed by atoms with van der Waals surface area (Å²) in [7, 11) is 0. The van der Waals surface area contributed by atoms with Crippen LogP contribution >= 0.6 is 0 Å². The minimum absolute atomic E-state index is 0.791. The van der Waals surface area contributed by atoms with Gasteiger partial charge in [0.1, 0.15) is 0 Å². The highest BCUT2D eigenvalue weighted by Crippen LogP contribution is 2.16. The lowest BCUT2D eigenvalue weighted by Gasteiger charge is -2.07. The zero-order valence-corrected chi connectivity index (χ0v) is 8.48. The standard InChI is InChI=1S/C15H12/c1-12-7-3-5-9-14(12)11-15-10-6-4-8-13(15)2/h1-10H,11H2. The second-order valence-electron chi connectivity index (χ2n) is 3.57. The first kappa shape index (κ1) is 9.97. The number of hydrogen-bond acceptors (Lipinski definition) is 0. The van der Waals surface area contributed by atoms with Gasteiger partial charge in [0.05, 0.1) is 0 Å². The Balaban J connectivity index is 2.30. The normalized spacial score (nSPS) is 10.3. The Morgan fingerprint density at radius 2 is 1.07 bits per heavy atom. The molecule has 0 spiro atoms. The molecular weight excluding hydrogens is 180 g/mol. The molecule has 0 heterocycles. The first-order valence-corrected chi connectivity index (χ1v) is 4.94. The molecule has 0 aliphatic heterocycles. The Morgan fingerprint density at radius 1 is 0.667 bits per heavy atom. The average molecular weight is 192 g/mol. The van der Waals surface area contributed by atoms with Crippen molar-refractivity contribution < 1.29 is 0 Å². The van der Waals surface area contributed by atoms with E-state index in [1.807, 2.05) is 48.5 Å². The van der Waals surface area contributed by atoms with Gasteiger partial charge < -0.3 is 0 Å². The summed E-state index contributed by atoms with van der Waals surface area (Å²) in [5, 5.41) is 0. The highest BCUT2D eigenvalue weighted by Gasteiger charge is 2.01. The summed E-state index contributed by atoms with van der Waals surface area (Å²) in [4.78, 5) is 0. The Hall–Kier alpha value is -1.56. The number of rotatable bonds is 2. The summed E-state index contributed by atoms with van der Waals surface area (Å²) in [6.45, 7) is 11.8. The number of hydrogen-bond donors (Lipinski definition) is 0.